The van der Waals surface area contributed by atoms with Crippen LogP contribution in [0.5, 0.6) is 0 Å². The molecule has 0 aliphatic heterocycles. The van der Waals surface area contributed by atoms with Gasteiger partial charge in [0.1, 0.15) is 0 Å². The van der Waals surface area contributed by atoms with Crippen molar-refractivity contribution in [2.45, 2.75) is 18.4 Å². The molecule has 0 saturated heterocycles. The first-order valence-electron chi connectivity index (χ1n) is 8.46. The van der Waals surface area contributed by atoms with E-state index < -0.39 is 4.92 Å². The first kappa shape index (κ1) is 19.6. The van der Waals surface area contributed by atoms with Crippen molar-refractivity contribution in [3.63, 3.8) is 0 Å². The van der Waals surface area contributed by atoms with E-state index in [1.807, 2.05) is 30.5 Å². The molecule has 0 unspecified atom stereocenters. The van der Waals surface area contributed by atoms with Crippen LogP contribution in [-0.2, 0) is 6.54 Å². The number of non-ortho nitro benzene ring substituents is 1. The number of nitro benzene ring substituents is 1. The van der Waals surface area contributed by atoms with Crippen molar-refractivity contribution in [1.82, 2.24) is 19.9 Å². The number of benzene rings is 2. The lowest BCUT2D eigenvalue weighted by Gasteiger charge is -2.16. The van der Waals surface area contributed by atoms with Gasteiger partial charge in [0.15, 0.2) is 5.69 Å². The highest BCUT2D eigenvalue weighted by atomic mass is 32.2. The van der Waals surface area contributed by atoms with Crippen molar-refractivity contribution in [3.05, 3.63) is 75.6 Å². The third-order valence-corrected chi connectivity index (χ3v) is 5.05. The lowest BCUT2D eigenvalue weighted by Crippen LogP contribution is -2.27. The highest BCUT2D eigenvalue weighted by Gasteiger charge is 2.21. The Labute approximate surface area is 166 Å². The standard InChI is InChI=1S/C19H19N5O3S/c1-13-18(19(25)22(2)12-14-7-9-17(28-3)10-8-14)20-21-23(13)15-5-4-6-16(11-15)24(26)27/h4-11H,12H2,1-3H3. The van der Waals surface area contributed by atoms with Crippen LogP contribution < -0.4 is 0 Å². The second-order valence-electron chi connectivity index (χ2n) is 6.22. The molecule has 3 rings (SSSR count). The molecule has 144 valence electrons. The van der Waals surface area contributed by atoms with Gasteiger partial charge in [-0.3, -0.25) is 14.9 Å². The van der Waals surface area contributed by atoms with Crippen LogP contribution in [0.25, 0.3) is 5.69 Å². The van der Waals surface area contributed by atoms with Crippen LogP contribution in [0.15, 0.2) is 53.4 Å². The molecule has 28 heavy (non-hydrogen) atoms. The maximum atomic E-state index is 12.8. The van der Waals surface area contributed by atoms with E-state index in [4.69, 9.17) is 0 Å². The fraction of sp³-hybridized carbons (Fsp3) is 0.211. The van der Waals surface area contributed by atoms with Crippen molar-refractivity contribution >= 4 is 23.4 Å². The maximum absolute atomic E-state index is 12.8. The molecule has 3 aromatic rings. The van der Waals surface area contributed by atoms with Gasteiger partial charge in [-0.05, 0) is 36.9 Å². The van der Waals surface area contributed by atoms with Gasteiger partial charge >= 0.3 is 0 Å². The predicted octanol–water partition coefficient (Wildman–Crippen LogP) is 3.48. The van der Waals surface area contributed by atoms with E-state index in [9.17, 15) is 14.9 Å². The zero-order valence-electron chi connectivity index (χ0n) is 15.7. The molecule has 0 aliphatic carbocycles. The van der Waals surface area contributed by atoms with Crippen LogP contribution in [0.4, 0.5) is 5.69 Å². The summed E-state index contributed by atoms with van der Waals surface area (Å²) < 4.78 is 1.43. The Morgan fingerprint density at radius 1 is 1.25 bits per heavy atom. The number of hydrogen-bond donors (Lipinski definition) is 0. The first-order chi connectivity index (χ1) is 13.4. The number of rotatable bonds is 6. The van der Waals surface area contributed by atoms with Gasteiger partial charge in [-0.1, -0.05) is 23.4 Å². The minimum Gasteiger partial charge on any atom is -0.336 e. The minimum atomic E-state index is -0.474. The van der Waals surface area contributed by atoms with E-state index in [2.05, 4.69) is 10.3 Å². The number of hydrogen-bond acceptors (Lipinski definition) is 6. The Bertz CT molecular complexity index is 1020. The van der Waals surface area contributed by atoms with E-state index in [1.165, 1.54) is 16.8 Å². The molecule has 8 nitrogen and oxygen atoms in total. The molecule has 0 spiro atoms. The summed E-state index contributed by atoms with van der Waals surface area (Å²) in [4.78, 5) is 26.1. The van der Waals surface area contributed by atoms with E-state index >= 15 is 0 Å². The minimum absolute atomic E-state index is 0.0499. The molecule has 0 aliphatic rings. The summed E-state index contributed by atoms with van der Waals surface area (Å²) in [5, 5.41) is 19.0. The van der Waals surface area contributed by atoms with Crippen molar-refractivity contribution in [1.29, 1.82) is 0 Å². The van der Waals surface area contributed by atoms with E-state index in [-0.39, 0.29) is 17.3 Å². The van der Waals surface area contributed by atoms with Gasteiger partial charge in [0, 0.05) is 30.6 Å². The molecular weight excluding hydrogens is 378 g/mol. The smallest absolute Gasteiger partial charge is 0.276 e. The van der Waals surface area contributed by atoms with Crippen LogP contribution in [0.1, 0.15) is 21.7 Å². The maximum Gasteiger partial charge on any atom is 0.276 e. The summed E-state index contributed by atoms with van der Waals surface area (Å²) in [7, 11) is 1.70. The van der Waals surface area contributed by atoms with Gasteiger partial charge in [-0.2, -0.15) is 0 Å². The average Bonchev–Trinajstić information content (AvgIpc) is 3.09. The summed E-state index contributed by atoms with van der Waals surface area (Å²) >= 11 is 1.66. The summed E-state index contributed by atoms with van der Waals surface area (Å²) in [6, 6.07) is 14.1. The van der Waals surface area contributed by atoms with Gasteiger partial charge in [-0.25, -0.2) is 4.68 Å². The Balaban J connectivity index is 1.81. The Morgan fingerprint density at radius 2 is 1.96 bits per heavy atom. The van der Waals surface area contributed by atoms with Crippen molar-refractivity contribution in [2.24, 2.45) is 0 Å². The van der Waals surface area contributed by atoms with Crippen molar-refractivity contribution in [2.75, 3.05) is 13.3 Å². The Kier molecular flexibility index (Phi) is 5.74. The van der Waals surface area contributed by atoms with E-state index in [0.717, 1.165) is 10.5 Å². The molecule has 1 aromatic heterocycles. The van der Waals surface area contributed by atoms with Crippen LogP contribution in [-0.4, -0.2) is 44.0 Å². The van der Waals surface area contributed by atoms with Crippen LogP contribution in [0.2, 0.25) is 0 Å². The SMILES string of the molecule is CSc1ccc(CN(C)C(=O)c2nnn(-c3cccc([N+](=O)[O-])c3)c2C)cc1. The predicted molar refractivity (Wildman–Crippen MR) is 107 cm³/mol. The average molecular weight is 397 g/mol. The molecule has 0 saturated carbocycles. The number of nitro groups is 1. The number of carbonyl (C=O) groups is 1. The molecule has 0 atom stereocenters. The van der Waals surface area contributed by atoms with Gasteiger partial charge in [0.05, 0.1) is 16.3 Å². The first-order valence-corrected chi connectivity index (χ1v) is 9.68. The molecule has 1 heterocycles. The van der Waals surface area contributed by atoms with Crippen molar-refractivity contribution < 1.29 is 9.72 Å². The zero-order valence-corrected chi connectivity index (χ0v) is 16.5. The molecule has 0 fully saturated rings. The number of nitrogens with zero attached hydrogens (tertiary/aromatic N) is 5. The Morgan fingerprint density at radius 3 is 2.61 bits per heavy atom. The van der Waals surface area contributed by atoms with Crippen LogP contribution in [0.3, 0.4) is 0 Å². The fourth-order valence-electron chi connectivity index (χ4n) is 2.77. The van der Waals surface area contributed by atoms with Gasteiger partial charge in [-0.15, -0.1) is 16.9 Å². The number of thioether (sulfide) groups is 1. The fourth-order valence-corrected chi connectivity index (χ4v) is 3.18. The second-order valence-corrected chi connectivity index (χ2v) is 7.10. The quantitative estimate of drug-likeness (QED) is 0.359. The largest absolute Gasteiger partial charge is 0.336 e. The van der Waals surface area contributed by atoms with Crippen LogP contribution >= 0.6 is 11.8 Å². The van der Waals surface area contributed by atoms with Gasteiger partial charge < -0.3 is 4.90 Å². The third kappa shape index (κ3) is 4.04. The van der Waals surface area contributed by atoms with Gasteiger partial charge in [0.2, 0.25) is 0 Å². The van der Waals surface area contributed by atoms with Crippen molar-refractivity contribution in [3.8, 4) is 5.69 Å². The number of amides is 1. The molecule has 9 heteroatoms. The highest BCUT2D eigenvalue weighted by molar-refractivity contribution is 7.98. The van der Waals surface area contributed by atoms with Crippen LogP contribution in [0, 0.1) is 17.0 Å². The molecular formula is C19H19N5O3S. The monoisotopic (exact) mass is 397 g/mol. The molecule has 0 radical (unpaired) electrons. The third-order valence-electron chi connectivity index (χ3n) is 4.31. The highest BCUT2D eigenvalue weighted by Crippen LogP contribution is 2.20. The summed E-state index contributed by atoms with van der Waals surface area (Å²) in [5.41, 5.74) is 2.18. The molecule has 0 N–H and O–H groups in total. The molecule has 2 aromatic carbocycles. The lowest BCUT2D eigenvalue weighted by molar-refractivity contribution is -0.384. The van der Waals surface area contributed by atoms with Gasteiger partial charge in [0.25, 0.3) is 11.6 Å². The van der Waals surface area contributed by atoms with E-state index in [0.29, 0.717) is 17.9 Å². The zero-order chi connectivity index (χ0) is 20.3. The number of carbonyl (C=O) groups excluding carboxylic acids is 1. The van der Waals surface area contributed by atoms with E-state index in [1.54, 1.807) is 42.8 Å². The normalized spacial score (nSPS) is 10.7. The molecule has 0 bridgehead atoms. The molecule has 1 amide bonds. The summed E-state index contributed by atoms with van der Waals surface area (Å²) in [6.07, 6.45) is 2.01. The number of aromatic nitrogens is 3. The second kappa shape index (κ2) is 8.22. The topological polar surface area (TPSA) is 94.2 Å². The summed E-state index contributed by atoms with van der Waals surface area (Å²) in [5.74, 6) is -0.261. The summed E-state index contributed by atoms with van der Waals surface area (Å²) in [6.45, 7) is 2.16. The lowest BCUT2D eigenvalue weighted by atomic mass is 10.2. The Hall–Kier alpha value is -3.20.